The fourth-order valence-electron chi connectivity index (χ4n) is 2.61. The van der Waals surface area contributed by atoms with Crippen LogP contribution in [0.2, 0.25) is 0 Å². The molecule has 5 nitrogen and oxygen atoms in total. The number of carbonyl (C=O) groups is 2. The molecule has 0 spiro atoms. The molecular weight excluding hydrogens is 384 g/mol. The molecule has 1 N–H and O–H groups in total. The SMILES string of the molecule is Cc1cc2ccccc2n1CC(=O)OCC(=O)Nc1ccc(Br)cc1. The normalized spacial score (nSPS) is 10.6. The van der Waals surface area contributed by atoms with Crippen molar-refractivity contribution >= 4 is 44.4 Å². The molecule has 0 saturated carbocycles. The molecule has 128 valence electrons. The predicted octanol–water partition coefficient (Wildman–Crippen LogP) is 3.89. The third-order valence-electron chi connectivity index (χ3n) is 3.80. The summed E-state index contributed by atoms with van der Waals surface area (Å²) in [5.41, 5.74) is 2.59. The summed E-state index contributed by atoms with van der Waals surface area (Å²) in [6, 6.07) is 17.0. The summed E-state index contributed by atoms with van der Waals surface area (Å²) in [6.07, 6.45) is 0. The van der Waals surface area contributed by atoms with Crippen LogP contribution >= 0.6 is 15.9 Å². The number of fused-ring (bicyclic) bond motifs is 1. The van der Waals surface area contributed by atoms with Crippen LogP contribution in [-0.4, -0.2) is 23.1 Å². The summed E-state index contributed by atoms with van der Waals surface area (Å²) in [6.45, 7) is 1.70. The Bertz CT molecular complexity index is 916. The zero-order valence-electron chi connectivity index (χ0n) is 13.7. The Balaban J connectivity index is 1.56. The van der Waals surface area contributed by atoms with Gasteiger partial charge in [-0.1, -0.05) is 34.1 Å². The smallest absolute Gasteiger partial charge is 0.326 e. The third-order valence-corrected chi connectivity index (χ3v) is 4.33. The Morgan fingerprint density at radius 2 is 1.84 bits per heavy atom. The summed E-state index contributed by atoms with van der Waals surface area (Å²) < 4.78 is 7.90. The van der Waals surface area contributed by atoms with Crippen LogP contribution in [0.25, 0.3) is 10.9 Å². The maximum absolute atomic E-state index is 12.1. The van der Waals surface area contributed by atoms with Crippen molar-refractivity contribution in [1.82, 2.24) is 4.57 Å². The van der Waals surface area contributed by atoms with Crippen molar-refractivity contribution in [2.75, 3.05) is 11.9 Å². The lowest BCUT2D eigenvalue weighted by atomic mass is 10.2. The van der Waals surface area contributed by atoms with Gasteiger partial charge < -0.3 is 14.6 Å². The molecule has 3 aromatic rings. The molecule has 0 atom stereocenters. The zero-order valence-corrected chi connectivity index (χ0v) is 15.2. The van der Waals surface area contributed by atoms with Gasteiger partial charge in [0.2, 0.25) is 0 Å². The van der Waals surface area contributed by atoms with Crippen LogP contribution in [0.5, 0.6) is 0 Å². The highest BCUT2D eigenvalue weighted by atomic mass is 79.9. The fraction of sp³-hybridized carbons (Fsp3) is 0.158. The highest BCUT2D eigenvalue weighted by molar-refractivity contribution is 9.10. The number of hydrogen-bond acceptors (Lipinski definition) is 3. The first kappa shape index (κ1) is 17.2. The number of carbonyl (C=O) groups excluding carboxylic acids is 2. The van der Waals surface area contributed by atoms with Crippen LogP contribution in [0.15, 0.2) is 59.1 Å². The zero-order chi connectivity index (χ0) is 17.8. The lowest BCUT2D eigenvalue weighted by molar-refractivity contribution is -0.147. The molecule has 3 rings (SSSR count). The first-order valence-electron chi connectivity index (χ1n) is 7.79. The average molecular weight is 401 g/mol. The number of amides is 1. The first-order chi connectivity index (χ1) is 12.0. The molecule has 0 aliphatic carbocycles. The van der Waals surface area contributed by atoms with Crippen LogP contribution in [0.1, 0.15) is 5.69 Å². The Labute approximate surface area is 153 Å². The van der Waals surface area contributed by atoms with E-state index >= 15 is 0 Å². The average Bonchev–Trinajstić information content (AvgIpc) is 2.91. The van der Waals surface area contributed by atoms with Crippen LogP contribution < -0.4 is 5.32 Å². The Hall–Kier alpha value is -2.60. The number of benzene rings is 2. The van der Waals surface area contributed by atoms with Gasteiger partial charge >= 0.3 is 5.97 Å². The molecule has 0 aliphatic rings. The maximum Gasteiger partial charge on any atom is 0.326 e. The number of halogens is 1. The second kappa shape index (κ2) is 7.53. The van der Waals surface area contributed by atoms with Crippen molar-refractivity contribution in [2.24, 2.45) is 0 Å². The minimum Gasteiger partial charge on any atom is -0.454 e. The molecule has 2 aromatic carbocycles. The van der Waals surface area contributed by atoms with E-state index in [9.17, 15) is 9.59 Å². The number of aromatic nitrogens is 1. The van der Waals surface area contributed by atoms with Gasteiger partial charge in [0.1, 0.15) is 6.54 Å². The topological polar surface area (TPSA) is 60.3 Å². The number of hydrogen-bond donors (Lipinski definition) is 1. The van der Waals surface area contributed by atoms with Crippen molar-refractivity contribution in [3.05, 3.63) is 64.8 Å². The van der Waals surface area contributed by atoms with E-state index in [2.05, 4.69) is 21.2 Å². The number of anilines is 1. The van der Waals surface area contributed by atoms with E-state index in [1.165, 1.54) is 0 Å². The molecule has 0 saturated heterocycles. The van der Waals surface area contributed by atoms with Crippen molar-refractivity contribution in [3.63, 3.8) is 0 Å². The van der Waals surface area contributed by atoms with E-state index in [1.54, 1.807) is 12.1 Å². The van der Waals surface area contributed by atoms with Gasteiger partial charge in [0.25, 0.3) is 5.91 Å². The summed E-state index contributed by atoms with van der Waals surface area (Å²) in [7, 11) is 0. The monoisotopic (exact) mass is 400 g/mol. The Kier molecular flexibility index (Phi) is 5.19. The van der Waals surface area contributed by atoms with Gasteiger partial charge in [-0.3, -0.25) is 9.59 Å². The number of nitrogens with zero attached hydrogens (tertiary/aromatic N) is 1. The van der Waals surface area contributed by atoms with Crippen molar-refractivity contribution in [1.29, 1.82) is 0 Å². The van der Waals surface area contributed by atoms with Crippen molar-refractivity contribution < 1.29 is 14.3 Å². The van der Waals surface area contributed by atoms with Gasteiger partial charge in [0.15, 0.2) is 6.61 Å². The van der Waals surface area contributed by atoms with E-state index < -0.39 is 5.97 Å². The molecule has 25 heavy (non-hydrogen) atoms. The minimum atomic E-state index is -0.449. The number of esters is 1. The fourth-order valence-corrected chi connectivity index (χ4v) is 2.87. The molecule has 1 heterocycles. The molecular formula is C19H17BrN2O3. The van der Waals surface area contributed by atoms with Gasteiger partial charge in [0.05, 0.1) is 0 Å². The standard InChI is InChI=1S/C19H17BrN2O3/c1-13-10-14-4-2-3-5-17(14)22(13)11-19(24)25-12-18(23)21-16-8-6-15(20)7-9-16/h2-10H,11-12H2,1H3,(H,21,23). The number of aryl methyl sites for hydroxylation is 1. The first-order valence-corrected chi connectivity index (χ1v) is 8.58. The molecule has 0 radical (unpaired) electrons. The van der Waals surface area contributed by atoms with Crippen LogP contribution in [0, 0.1) is 6.92 Å². The lowest BCUT2D eigenvalue weighted by Crippen LogP contribution is -2.23. The minimum absolute atomic E-state index is 0.0743. The molecule has 0 unspecified atom stereocenters. The second-order valence-corrected chi connectivity index (χ2v) is 6.56. The number of nitrogens with one attached hydrogen (secondary N) is 1. The van der Waals surface area contributed by atoms with Gasteiger partial charge in [0, 0.05) is 21.4 Å². The summed E-state index contributed by atoms with van der Waals surface area (Å²) in [4.78, 5) is 24.0. The molecule has 1 aromatic heterocycles. The van der Waals surface area contributed by atoms with Crippen LogP contribution in [0.4, 0.5) is 5.69 Å². The van der Waals surface area contributed by atoms with E-state index in [1.807, 2.05) is 54.0 Å². The Morgan fingerprint density at radius 3 is 2.60 bits per heavy atom. The third kappa shape index (κ3) is 4.28. The highest BCUT2D eigenvalue weighted by Gasteiger charge is 2.12. The Morgan fingerprint density at radius 1 is 1.12 bits per heavy atom. The second-order valence-electron chi connectivity index (χ2n) is 5.65. The van der Waals surface area contributed by atoms with Gasteiger partial charge in [-0.15, -0.1) is 0 Å². The quantitative estimate of drug-likeness (QED) is 0.660. The lowest BCUT2D eigenvalue weighted by Gasteiger charge is -2.09. The van der Waals surface area contributed by atoms with Crippen LogP contribution in [-0.2, 0) is 20.9 Å². The summed E-state index contributed by atoms with van der Waals surface area (Å²) in [5.74, 6) is -0.819. The molecule has 0 fully saturated rings. The predicted molar refractivity (Wildman–Crippen MR) is 100 cm³/mol. The highest BCUT2D eigenvalue weighted by Crippen LogP contribution is 2.19. The van der Waals surface area contributed by atoms with E-state index in [4.69, 9.17) is 4.74 Å². The van der Waals surface area contributed by atoms with Gasteiger partial charge in [-0.25, -0.2) is 0 Å². The van der Waals surface area contributed by atoms with Gasteiger partial charge in [-0.2, -0.15) is 0 Å². The number of para-hydroxylation sites is 1. The van der Waals surface area contributed by atoms with E-state index in [-0.39, 0.29) is 19.1 Å². The molecule has 1 amide bonds. The molecule has 0 aliphatic heterocycles. The van der Waals surface area contributed by atoms with Gasteiger partial charge in [-0.05, 0) is 48.7 Å². The maximum atomic E-state index is 12.1. The molecule has 0 bridgehead atoms. The summed E-state index contributed by atoms with van der Waals surface area (Å²) in [5, 5.41) is 3.75. The van der Waals surface area contributed by atoms with Crippen LogP contribution in [0.3, 0.4) is 0 Å². The summed E-state index contributed by atoms with van der Waals surface area (Å²) >= 11 is 3.33. The largest absolute Gasteiger partial charge is 0.454 e. The molecule has 6 heteroatoms. The van der Waals surface area contributed by atoms with Crippen molar-refractivity contribution in [3.8, 4) is 0 Å². The van der Waals surface area contributed by atoms with Crippen molar-refractivity contribution in [2.45, 2.75) is 13.5 Å². The van der Waals surface area contributed by atoms with E-state index in [0.717, 1.165) is 21.1 Å². The number of ether oxygens (including phenoxy) is 1. The van der Waals surface area contributed by atoms with E-state index in [0.29, 0.717) is 5.69 Å². The number of rotatable bonds is 5.